The van der Waals surface area contributed by atoms with Crippen molar-refractivity contribution in [1.82, 2.24) is 4.31 Å². The van der Waals surface area contributed by atoms with Gasteiger partial charge in [-0.15, -0.1) is 11.3 Å². The van der Waals surface area contributed by atoms with Crippen molar-refractivity contribution in [3.8, 4) is 12.0 Å². The van der Waals surface area contributed by atoms with Crippen molar-refractivity contribution in [3.05, 3.63) is 87.6 Å². The molecule has 1 aromatic heterocycles. The smallest absolute Gasteiger partial charge is 0.337 e. The van der Waals surface area contributed by atoms with Crippen molar-refractivity contribution >= 4 is 27.3 Å². The first-order valence-corrected chi connectivity index (χ1v) is 11.0. The number of esters is 1. The van der Waals surface area contributed by atoms with Crippen LogP contribution in [0.2, 0.25) is 0 Å². The van der Waals surface area contributed by atoms with E-state index in [1.165, 1.54) is 42.7 Å². The molecule has 0 spiro atoms. The first-order chi connectivity index (χ1) is 13.9. The van der Waals surface area contributed by atoms with E-state index in [1.807, 2.05) is 48.7 Å². The van der Waals surface area contributed by atoms with Gasteiger partial charge in [0, 0.05) is 6.04 Å². The molecule has 3 rings (SSSR count). The molecule has 29 heavy (non-hydrogen) atoms. The second-order valence-electron chi connectivity index (χ2n) is 6.23. The molecule has 0 atom stereocenters. The van der Waals surface area contributed by atoms with Gasteiger partial charge < -0.3 is 4.74 Å². The van der Waals surface area contributed by atoms with Crippen LogP contribution in [0.4, 0.5) is 0 Å². The Hall–Kier alpha value is -3.08. The monoisotopic (exact) mass is 425 g/mol. The maximum Gasteiger partial charge on any atom is 0.337 e. The molecular formula is C22H19NO4S2. The highest BCUT2D eigenvalue weighted by atomic mass is 32.2. The van der Waals surface area contributed by atoms with Gasteiger partial charge in [0.05, 0.1) is 29.0 Å². The number of sulfonamides is 1. The molecule has 0 aliphatic heterocycles. The molecule has 7 heteroatoms. The molecule has 0 amide bonds. The fourth-order valence-electron chi connectivity index (χ4n) is 2.52. The van der Waals surface area contributed by atoms with Crippen LogP contribution in [0.5, 0.6) is 0 Å². The Balaban J connectivity index is 1.96. The molecule has 0 unspecified atom stereocenters. The van der Waals surface area contributed by atoms with Gasteiger partial charge >= 0.3 is 5.97 Å². The first-order valence-electron chi connectivity index (χ1n) is 8.72. The number of nitrogens with zero attached hydrogens (tertiary/aromatic N) is 1. The van der Waals surface area contributed by atoms with Gasteiger partial charge in [-0.05, 0) is 54.1 Å². The normalized spacial score (nSPS) is 10.7. The predicted molar refractivity (Wildman–Crippen MR) is 113 cm³/mol. The molecule has 0 radical (unpaired) electrons. The maximum absolute atomic E-state index is 13.2. The second-order valence-corrected chi connectivity index (χ2v) is 9.04. The van der Waals surface area contributed by atoms with Gasteiger partial charge in [-0.25, -0.2) is 17.5 Å². The van der Waals surface area contributed by atoms with Crippen LogP contribution in [0.15, 0.2) is 70.9 Å². The van der Waals surface area contributed by atoms with E-state index < -0.39 is 16.0 Å². The lowest BCUT2D eigenvalue weighted by molar-refractivity contribution is 0.0600. The van der Waals surface area contributed by atoms with Crippen LogP contribution in [0.3, 0.4) is 0 Å². The van der Waals surface area contributed by atoms with Crippen LogP contribution < -0.4 is 0 Å². The minimum atomic E-state index is -3.90. The van der Waals surface area contributed by atoms with Crippen LogP contribution in [0.25, 0.3) is 0 Å². The van der Waals surface area contributed by atoms with Gasteiger partial charge in [-0.1, -0.05) is 35.9 Å². The second kappa shape index (κ2) is 8.95. The highest BCUT2D eigenvalue weighted by Gasteiger charge is 2.23. The van der Waals surface area contributed by atoms with E-state index in [2.05, 4.69) is 16.7 Å². The first kappa shape index (κ1) is 20.6. The average molecular weight is 426 g/mol. The topological polar surface area (TPSA) is 63.7 Å². The van der Waals surface area contributed by atoms with Gasteiger partial charge in [0.25, 0.3) is 10.0 Å². The lowest BCUT2D eigenvalue weighted by atomic mass is 10.1. The summed E-state index contributed by atoms with van der Waals surface area (Å²) in [4.78, 5) is 12.4. The van der Waals surface area contributed by atoms with Gasteiger partial charge in [0.1, 0.15) is 0 Å². The number of methoxy groups -OCH3 is 1. The fourth-order valence-corrected chi connectivity index (χ4v) is 4.30. The van der Waals surface area contributed by atoms with Crippen molar-refractivity contribution < 1.29 is 17.9 Å². The van der Waals surface area contributed by atoms with Crippen LogP contribution in [0, 0.1) is 18.9 Å². The van der Waals surface area contributed by atoms with Crippen molar-refractivity contribution in [2.24, 2.45) is 0 Å². The number of carbonyl (C=O) groups excluding carboxylic acids is 1. The van der Waals surface area contributed by atoms with Crippen LogP contribution in [0.1, 0.15) is 26.4 Å². The Morgan fingerprint density at radius 2 is 1.76 bits per heavy atom. The third-order valence-corrected chi connectivity index (χ3v) is 6.59. The number of benzene rings is 2. The van der Waals surface area contributed by atoms with Crippen LogP contribution in [-0.2, 0) is 21.3 Å². The van der Waals surface area contributed by atoms with E-state index in [-0.39, 0.29) is 17.0 Å². The summed E-state index contributed by atoms with van der Waals surface area (Å²) in [6.45, 7) is 2.08. The molecule has 1 heterocycles. The Labute approximate surface area is 174 Å². The molecular weight excluding hydrogens is 406 g/mol. The largest absolute Gasteiger partial charge is 0.465 e. The van der Waals surface area contributed by atoms with Crippen molar-refractivity contribution in [2.75, 3.05) is 7.11 Å². The van der Waals surface area contributed by atoms with E-state index in [1.54, 1.807) is 0 Å². The standard InChI is InChI=1S/C22H19NO4S2/c1-17-5-7-18(8-6-17)16-23(14-13-20-4-3-15-28-20)29(25,26)21-11-9-19(10-12-21)22(24)27-2/h3-12,15H,16H2,1-2H3. The minimum absolute atomic E-state index is 0.0535. The van der Waals surface area contributed by atoms with Gasteiger partial charge in [-0.2, -0.15) is 0 Å². The maximum atomic E-state index is 13.2. The van der Waals surface area contributed by atoms with Gasteiger partial charge in [-0.3, -0.25) is 0 Å². The quantitative estimate of drug-likeness (QED) is 0.352. The summed E-state index contributed by atoms with van der Waals surface area (Å²) in [5.41, 5.74) is 2.19. The molecule has 2 aromatic carbocycles. The predicted octanol–water partition coefficient (Wildman–Crippen LogP) is 4.04. The molecule has 0 aliphatic rings. The van der Waals surface area contributed by atoms with Crippen LogP contribution >= 0.6 is 11.3 Å². The summed E-state index contributed by atoms with van der Waals surface area (Å²) >= 11 is 1.44. The third-order valence-electron chi connectivity index (χ3n) is 4.14. The highest BCUT2D eigenvalue weighted by Crippen LogP contribution is 2.19. The number of hydrogen-bond donors (Lipinski definition) is 0. The van der Waals surface area contributed by atoms with Crippen molar-refractivity contribution in [3.63, 3.8) is 0 Å². The number of hydrogen-bond acceptors (Lipinski definition) is 5. The summed E-state index contributed by atoms with van der Waals surface area (Å²) < 4.78 is 32.2. The SMILES string of the molecule is COC(=O)c1ccc(S(=O)(=O)N(C#Cc2cccs2)Cc2ccc(C)cc2)cc1. The summed E-state index contributed by atoms with van der Waals surface area (Å²) in [5, 5.41) is 1.88. The van der Waals surface area contributed by atoms with Gasteiger partial charge in [0.15, 0.2) is 0 Å². The molecule has 0 saturated heterocycles. The number of rotatable bonds is 5. The zero-order chi connectivity index (χ0) is 20.9. The summed E-state index contributed by atoms with van der Waals surface area (Å²) in [7, 11) is -2.63. The Morgan fingerprint density at radius 3 is 2.34 bits per heavy atom. The zero-order valence-electron chi connectivity index (χ0n) is 16.0. The third kappa shape index (κ3) is 5.05. The summed E-state index contributed by atoms with van der Waals surface area (Å²) in [5.74, 6) is 2.39. The summed E-state index contributed by atoms with van der Waals surface area (Å²) in [6.07, 6.45) is 0. The number of thiophene rings is 1. The average Bonchev–Trinajstić information content (AvgIpc) is 3.25. The summed E-state index contributed by atoms with van der Waals surface area (Å²) in [6, 6.07) is 19.7. The molecule has 148 valence electrons. The highest BCUT2D eigenvalue weighted by molar-refractivity contribution is 7.89. The molecule has 5 nitrogen and oxygen atoms in total. The van der Waals surface area contributed by atoms with Crippen molar-refractivity contribution in [1.29, 1.82) is 0 Å². The minimum Gasteiger partial charge on any atom is -0.465 e. The lowest BCUT2D eigenvalue weighted by Gasteiger charge is -2.18. The van der Waals surface area contributed by atoms with E-state index in [9.17, 15) is 13.2 Å². The zero-order valence-corrected chi connectivity index (χ0v) is 17.6. The van der Waals surface area contributed by atoms with Gasteiger partial charge in [0.2, 0.25) is 0 Å². The molecule has 0 aliphatic carbocycles. The molecule has 3 aromatic rings. The van der Waals surface area contributed by atoms with Crippen molar-refractivity contribution in [2.45, 2.75) is 18.4 Å². The molecule has 0 saturated carbocycles. The Morgan fingerprint density at radius 1 is 1.07 bits per heavy atom. The molecule has 0 bridgehead atoms. The Bertz CT molecular complexity index is 1140. The Kier molecular flexibility index (Phi) is 6.37. The van der Waals surface area contributed by atoms with E-state index >= 15 is 0 Å². The number of carbonyl (C=O) groups is 1. The van der Waals surface area contributed by atoms with E-state index in [0.717, 1.165) is 20.3 Å². The number of aryl methyl sites for hydroxylation is 1. The molecule has 0 fully saturated rings. The molecule has 0 N–H and O–H groups in total. The van der Waals surface area contributed by atoms with E-state index in [4.69, 9.17) is 0 Å². The number of ether oxygens (including phenoxy) is 1. The van der Waals surface area contributed by atoms with Crippen LogP contribution in [-0.4, -0.2) is 25.8 Å². The fraction of sp³-hybridized carbons (Fsp3) is 0.136. The van der Waals surface area contributed by atoms with E-state index in [0.29, 0.717) is 0 Å². The lowest BCUT2D eigenvalue weighted by Crippen LogP contribution is -2.26.